The molecule has 3 fully saturated rings. The summed E-state index contributed by atoms with van der Waals surface area (Å²) in [5.74, 6) is 6.25. The molecule has 0 spiro atoms. The normalized spacial score (nSPS) is 50.3. The molecule has 0 aromatic rings. The van der Waals surface area contributed by atoms with E-state index >= 15 is 0 Å². The molecule has 0 amide bonds. The number of aliphatic hydroxyl groups is 1. The molecule has 0 aromatic heterocycles. The van der Waals surface area contributed by atoms with Crippen molar-refractivity contribution in [3.05, 3.63) is 11.6 Å². The van der Waals surface area contributed by atoms with Gasteiger partial charge in [0.15, 0.2) is 5.78 Å². The topological polar surface area (TPSA) is 37.3 Å². The minimum Gasteiger partial charge on any atom is -0.377 e. The van der Waals surface area contributed by atoms with Crippen molar-refractivity contribution in [1.29, 1.82) is 0 Å². The zero-order valence-electron chi connectivity index (χ0n) is 15.1. The largest absolute Gasteiger partial charge is 0.377 e. The molecular weight excluding hydrogens is 296 g/mol. The Bertz CT molecular complexity index is 626. The Morgan fingerprint density at radius 3 is 2.83 bits per heavy atom. The van der Waals surface area contributed by atoms with Crippen LogP contribution in [-0.4, -0.2) is 16.5 Å². The van der Waals surface area contributed by atoms with Crippen molar-refractivity contribution in [3.8, 4) is 12.3 Å². The van der Waals surface area contributed by atoms with Crippen molar-refractivity contribution >= 4 is 5.78 Å². The van der Waals surface area contributed by atoms with E-state index < -0.39 is 5.60 Å². The third-order valence-corrected chi connectivity index (χ3v) is 8.34. The van der Waals surface area contributed by atoms with Crippen LogP contribution in [0.15, 0.2) is 11.6 Å². The minimum absolute atomic E-state index is 0.130. The van der Waals surface area contributed by atoms with Crippen LogP contribution >= 0.6 is 0 Å². The van der Waals surface area contributed by atoms with E-state index in [-0.39, 0.29) is 5.41 Å². The molecule has 4 aliphatic carbocycles. The van der Waals surface area contributed by atoms with Crippen LogP contribution in [0.5, 0.6) is 0 Å². The Kier molecular flexibility index (Phi) is 3.73. The first-order chi connectivity index (χ1) is 11.4. The highest BCUT2D eigenvalue weighted by Crippen LogP contribution is 2.66. The minimum atomic E-state index is -0.922. The maximum Gasteiger partial charge on any atom is 0.155 e. The summed E-state index contributed by atoms with van der Waals surface area (Å²) in [6.07, 6.45) is 15.8. The number of hydrogen-bond donors (Lipinski definition) is 1. The molecule has 3 saturated carbocycles. The number of ketones is 1. The molecular formula is C22H30O2. The Labute approximate surface area is 146 Å². The molecule has 6 unspecified atom stereocenters. The van der Waals surface area contributed by atoms with E-state index in [0.29, 0.717) is 35.4 Å². The number of carbonyl (C=O) groups excluding carboxylic acids is 1. The lowest BCUT2D eigenvalue weighted by molar-refractivity contribution is -0.120. The van der Waals surface area contributed by atoms with Crippen LogP contribution in [0.25, 0.3) is 0 Å². The molecule has 1 N–H and O–H groups in total. The second-order valence-corrected chi connectivity index (χ2v) is 9.05. The molecule has 2 heteroatoms. The van der Waals surface area contributed by atoms with Crippen molar-refractivity contribution in [2.45, 2.75) is 70.8 Å². The van der Waals surface area contributed by atoms with Gasteiger partial charge in [0, 0.05) is 11.8 Å². The quantitative estimate of drug-likeness (QED) is 0.736. The van der Waals surface area contributed by atoms with E-state index in [9.17, 15) is 9.90 Å². The SMILES string of the molecule is C#C[C@]1(O)CCC2C3CCC4=CC(=O)CCC4C3C(CC)CC21C. The maximum atomic E-state index is 11.9. The summed E-state index contributed by atoms with van der Waals surface area (Å²) in [5, 5.41) is 11.1. The third-order valence-electron chi connectivity index (χ3n) is 8.34. The first-order valence-corrected chi connectivity index (χ1v) is 9.87. The van der Waals surface area contributed by atoms with Crippen LogP contribution in [-0.2, 0) is 4.79 Å². The average Bonchev–Trinajstić information content (AvgIpc) is 2.85. The van der Waals surface area contributed by atoms with Gasteiger partial charge in [-0.3, -0.25) is 4.79 Å². The predicted molar refractivity (Wildman–Crippen MR) is 95.0 cm³/mol. The number of fused-ring (bicyclic) bond motifs is 5. The van der Waals surface area contributed by atoms with Crippen molar-refractivity contribution in [3.63, 3.8) is 0 Å². The van der Waals surface area contributed by atoms with Gasteiger partial charge >= 0.3 is 0 Å². The van der Waals surface area contributed by atoms with Gasteiger partial charge < -0.3 is 5.11 Å². The van der Waals surface area contributed by atoms with E-state index in [4.69, 9.17) is 6.42 Å². The zero-order chi connectivity index (χ0) is 17.1. The van der Waals surface area contributed by atoms with Gasteiger partial charge in [-0.1, -0.05) is 31.8 Å². The number of hydrogen-bond acceptors (Lipinski definition) is 2. The van der Waals surface area contributed by atoms with Gasteiger partial charge in [0.25, 0.3) is 0 Å². The average molecular weight is 326 g/mol. The second kappa shape index (κ2) is 5.46. The summed E-state index contributed by atoms with van der Waals surface area (Å²) < 4.78 is 0. The fourth-order valence-corrected chi connectivity index (χ4v) is 7.15. The fourth-order valence-electron chi connectivity index (χ4n) is 7.15. The number of rotatable bonds is 1. The summed E-state index contributed by atoms with van der Waals surface area (Å²) >= 11 is 0. The smallest absolute Gasteiger partial charge is 0.155 e. The molecule has 0 heterocycles. The van der Waals surface area contributed by atoms with Crippen LogP contribution in [0.3, 0.4) is 0 Å². The maximum absolute atomic E-state index is 11.9. The van der Waals surface area contributed by atoms with E-state index in [1.165, 1.54) is 12.0 Å². The lowest BCUT2D eigenvalue weighted by Gasteiger charge is -2.58. The van der Waals surface area contributed by atoms with E-state index in [1.54, 1.807) is 0 Å². The molecule has 7 atom stereocenters. The van der Waals surface area contributed by atoms with Gasteiger partial charge in [0.1, 0.15) is 5.60 Å². The van der Waals surface area contributed by atoms with Crippen LogP contribution in [0, 0.1) is 47.3 Å². The Morgan fingerprint density at radius 1 is 1.33 bits per heavy atom. The molecule has 130 valence electrons. The van der Waals surface area contributed by atoms with Gasteiger partial charge in [-0.2, -0.15) is 0 Å². The molecule has 0 radical (unpaired) electrons. The molecule has 4 rings (SSSR count). The molecule has 0 saturated heterocycles. The van der Waals surface area contributed by atoms with Gasteiger partial charge in [-0.25, -0.2) is 0 Å². The summed E-state index contributed by atoms with van der Waals surface area (Å²) in [6.45, 7) is 4.56. The van der Waals surface area contributed by atoms with Crippen LogP contribution < -0.4 is 0 Å². The van der Waals surface area contributed by atoms with Crippen molar-refractivity contribution in [1.82, 2.24) is 0 Å². The van der Waals surface area contributed by atoms with E-state index in [2.05, 4.69) is 19.8 Å². The van der Waals surface area contributed by atoms with E-state index in [1.807, 2.05) is 6.08 Å². The lowest BCUT2D eigenvalue weighted by atomic mass is 9.47. The van der Waals surface area contributed by atoms with Crippen LogP contribution in [0.2, 0.25) is 0 Å². The first kappa shape index (κ1) is 16.4. The van der Waals surface area contributed by atoms with Crippen molar-refractivity contribution in [2.24, 2.45) is 35.0 Å². The molecule has 4 aliphatic rings. The predicted octanol–water partition coefficient (Wildman–Crippen LogP) is 4.13. The molecule has 0 bridgehead atoms. The Hall–Kier alpha value is -1.07. The molecule has 24 heavy (non-hydrogen) atoms. The van der Waals surface area contributed by atoms with Gasteiger partial charge in [0.05, 0.1) is 0 Å². The molecule has 0 aliphatic heterocycles. The van der Waals surface area contributed by atoms with Crippen molar-refractivity contribution in [2.75, 3.05) is 0 Å². The summed E-state index contributed by atoms with van der Waals surface area (Å²) in [4.78, 5) is 11.9. The molecule has 0 aromatic carbocycles. The van der Waals surface area contributed by atoms with Gasteiger partial charge in [-0.05, 0) is 74.2 Å². The summed E-state index contributed by atoms with van der Waals surface area (Å²) in [7, 11) is 0. The summed E-state index contributed by atoms with van der Waals surface area (Å²) in [5.41, 5.74) is 0.379. The van der Waals surface area contributed by atoms with Gasteiger partial charge in [0.2, 0.25) is 0 Å². The van der Waals surface area contributed by atoms with Crippen LogP contribution in [0.1, 0.15) is 65.2 Å². The summed E-state index contributed by atoms with van der Waals surface area (Å²) in [6, 6.07) is 0. The fraction of sp³-hybridized carbons (Fsp3) is 0.773. The van der Waals surface area contributed by atoms with Gasteiger partial charge in [-0.15, -0.1) is 6.42 Å². The zero-order valence-corrected chi connectivity index (χ0v) is 15.1. The Balaban J connectivity index is 1.73. The highest BCUT2D eigenvalue weighted by Gasteiger charge is 2.63. The molecule has 2 nitrogen and oxygen atoms in total. The monoisotopic (exact) mass is 326 g/mol. The second-order valence-electron chi connectivity index (χ2n) is 9.05. The number of carbonyl (C=O) groups is 1. The number of allylic oxidation sites excluding steroid dienone is 1. The highest BCUT2D eigenvalue weighted by molar-refractivity contribution is 5.91. The van der Waals surface area contributed by atoms with Crippen molar-refractivity contribution < 1.29 is 9.90 Å². The highest BCUT2D eigenvalue weighted by atomic mass is 16.3. The number of terminal acetylenes is 1. The van der Waals surface area contributed by atoms with E-state index in [0.717, 1.165) is 44.9 Å². The Morgan fingerprint density at radius 2 is 2.12 bits per heavy atom. The first-order valence-electron chi connectivity index (χ1n) is 9.87. The van der Waals surface area contributed by atoms with Crippen LogP contribution in [0.4, 0.5) is 0 Å². The lowest BCUT2D eigenvalue weighted by Crippen LogP contribution is -2.55. The third kappa shape index (κ3) is 2.03. The standard InChI is InChI=1S/C22H30O2/c1-4-14-13-21(3)19(10-11-22(21,24)5-2)18-8-6-15-12-16(23)7-9-17(15)20(14)18/h2,12,14,17-20,24H,4,6-11,13H2,1,3H3/t14?,17?,18?,19?,20?,21?,22-/m0/s1.